The lowest BCUT2D eigenvalue weighted by Gasteiger charge is -2.26. The van der Waals surface area contributed by atoms with E-state index in [-0.39, 0.29) is 23.3 Å². The number of aromatic hydroxyl groups is 1. The zero-order valence-corrected chi connectivity index (χ0v) is 11.5. The Labute approximate surface area is 133 Å². The molecule has 4 N–H and O–H groups in total. The topological polar surface area (TPSA) is 85.3 Å². The molecule has 1 heterocycles. The number of phenols is 1. The Kier molecular flexibility index (Phi) is 2.56. The van der Waals surface area contributed by atoms with Gasteiger partial charge < -0.3 is 20.5 Å². The summed E-state index contributed by atoms with van der Waals surface area (Å²) in [6.45, 7) is -4.77. The van der Waals surface area contributed by atoms with Crippen molar-refractivity contribution in [1.82, 2.24) is 10.3 Å². The lowest BCUT2D eigenvalue weighted by molar-refractivity contribution is 0.123. The van der Waals surface area contributed by atoms with Crippen LogP contribution in [0.4, 0.5) is 0 Å². The maximum Gasteiger partial charge on any atom is 0.248 e. The van der Waals surface area contributed by atoms with Crippen molar-refractivity contribution in [3.05, 3.63) is 40.2 Å². The van der Waals surface area contributed by atoms with Gasteiger partial charge in [-0.2, -0.15) is 0 Å². The van der Waals surface area contributed by atoms with Crippen LogP contribution in [0.2, 0.25) is 0 Å². The number of fused-ring (bicyclic) bond motifs is 1. The molecule has 0 saturated carbocycles. The summed E-state index contributed by atoms with van der Waals surface area (Å²) in [6.07, 6.45) is -1.30. The number of nitrogens with one attached hydrogen (secondary N) is 2. The van der Waals surface area contributed by atoms with E-state index in [0.29, 0.717) is 5.39 Å². The molecular formula is C16H22N2O3. The third kappa shape index (κ3) is 3.25. The zero-order chi connectivity index (χ0) is 21.5. The van der Waals surface area contributed by atoms with Crippen molar-refractivity contribution in [2.45, 2.75) is 45.2 Å². The average Bonchev–Trinajstić information content (AvgIpc) is 2.57. The molecule has 2 atom stereocenters. The van der Waals surface area contributed by atoms with Crippen LogP contribution in [0.15, 0.2) is 29.1 Å². The van der Waals surface area contributed by atoms with E-state index in [1.165, 1.54) is 24.3 Å². The predicted octanol–water partition coefficient (Wildman–Crippen LogP) is 2.04. The minimum Gasteiger partial charge on any atom is -0.506 e. The summed E-state index contributed by atoms with van der Waals surface area (Å²) >= 11 is 0. The van der Waals surface area contributed by atoms with Crippen LogP contribution in [0, 0.1) is 0 Å². The number of aliphatic hydroxyl groups is 1. The lowest BCUT2D eigenvalue weighted by Crippen LogP contribution is -2.39. The number of pyridine rings is 1. The highest BCUT2D eigenvalue weighted by Gasteiger charge is 2.22. The maximum absolute atomic E-state index is 11.5. The summed E-state index contributed by atoms with van der Waals surface area (Å²) in [6, 6.07) is 1.14. The fraction of sp³-hybridized carbons (Fsp3) is 0.438. The van der Waals surface area contributed by atoms with Crippen molar-refractivity contribution in [2.24, 2.45) is 0 Å². The third-order valence-electron chi connectivity index (χ3n) is 3.38. The fourth-order valence-electron chi connectivity index (χ4n) is 2.32. The van der Waals surface area contributed by atoms with E-state index >= 15 is 0 Å². The Morgan fingerprint density at radius 3 is 2.81 bits per heavy atom. The first-order valence-electron chi connectivity index (χ1n) is 10.0. The maximum atomic E-state index is 11.5. The van der Waals surface area contributed by atoms with Crippen molar-refractivity contribution in [2.75, 3.05) is 0 Å². The van der Waals surface area contributed by atoms with Crippen LogP contribution in [0.25, 0.3) is 10.9 Å². The Balaban J connectivity index is 2.52. The van der Waals surface area contributed by atoms with Gasteiger partial charge in [-0.15, -0.1) is 0 Å². The van der Waals surface area contributed by atoms with Gasteiger partial charge in [0, 0.05) is 33.1 Å². The molecule has 1 aromatic heterocycles. The molecule has 0 aliphatic heterocycles. The number of aromatic nitrogens is 1. The smallest absolute Gasteiger partial charge is 0.248 e. The summed E-state index contributed by atoms with van der Waals surface area (Å²) in [7, 11) is 0. The number of aromatic amines is 1. The predicted molar refractivity (Wildman–Crippen MR) is 83.5 cm³/mol. The van der Waals surface area contributed by atoms with Gasteiger partial charge in [-0.25, -0.2) is 0 Å². The first-order valence-corrected chi connectivity index (χ1v) is 6.53. The molecule has 0 radical (unpaired) electrons. The van der Waals surface area contributed by atoms with E-state index in [0.717, 1.165) is 0 Å². The first-order chi connectivity index (χ1) is 12.7. The van der Waals surface area contributed by atoms with Crippen molar-refractivity contribution < 1.29 is 19.8 Å². The molecule has 2 unspecified atom stereocenters. The van der Waals surface area contributed by atoms with Gasteiger partial charge in [0.15, 0.2) is 0 Å². The molecule has 0 saturated heterocycles. The summed E-state index contributed by atoms with van der Waals surface area (Å²) < 4.78 is 53.1. The molecule has 0 bridgehead atoms. The second-order valence-corrected chi connectivity index (χ2v) is 4.76. The van der Waals surface area contributed by atoms with E-state index in [4.69, 9.17) is 9.60 Å². The van der Waals surface area contributed by atoms with Crippen LogP contribution in [0.5, 0.6) is 5.75 Å². The quantitative estimate of drug-likeness (QED) is 0.680. The minimum absolute atomic E-state index is 0.0858. The van der Waals surface area contributed by atoms with Gasteiger partial charge in [0.2, 0.25) is 5.56 Å². The van der Waals surface area contributed by atoms with Crippen LogP contribution in [0.3, 0.4) is 0 Å². The average molecular weight is 297 g/mol. The zero-order valence-electron chi connectivity index (χ0n) is 18.5. The number of benzene rings is 1. The molecule has 0 aliphatic rings. The van der Waals surface area contributed by atoms with E-state index in [9.17, 15) is 15.0 Å². The highest BCUT2D eigenvalue weighted by Crippen LogP contribution is 2.30. The molecule has 2 rings (SSSR count). The van der Waals surface area contributed by atoms with Crippen LogP contribution in [-0.2, 0) is 0 Å². The fourth-order valence-corrected chi connectivity index (χ4v) is 2.32. The molecule has 21 heavy (non-hydrogen) atoms. The van der Waals surface area contributed by atoms with Gasteiger partial charge in [0.25, 0.3) is 0 Å². The number of H-pyrrole nitrogens is 1. The Bertz CT molecular complexity index is 894. The van der Waals surface area contributed by atoms with Gasteiger partial charge in [-0.3, -0.25) is 4.79 Å². The molecule has 0 spiro atoms. The number of hydrogen-bond donors (Lipinski definition) is 4. The van der Waals surface area contributed by atoms with Crippen LogP contribution in [-0.4, -0.2) is 27.3 Å². The number of phenolic OH excluding ortho intramolecular Hbond substituents is 1. The van der Waals surface area contributed by atoms with Crippen LogP contribution in [0.1, 0.15) is 48.3 Å². The Morgan fingerprint density at radius 2 is 2.14 bits per heavy atom. The van der Waals surface area contributed by atoms with Gasteiger partial charge in [-0.05, 0) is 24.1 Å². The van der Waals surface area contributed by atoms with Gasteiger partial charge in [0.05, 0.1) is 11.6 Å². The molecule has 0 fully saturated rings. The van der Waals surface area contributed by atoms with E-state index in [1.807, 2.05) is 0 Å². The molecule has 5 heteroatoms. The summed E-state index contributed by atoms with van der Waals surface area (Å²) in [5.41, 5.74) is -0.140. The summed E-state index contributed by atoms with van der Waals surface area (Å²) in [4.78, 5) is 14.0. The van der Waals surface area contributed by atoms with Gasteiger partial charge >= 0.3 is 0 Å². The standard InChI is InChI=1S/C16H22N2O3/c1-4-12(17-9(2)3)16(21)11-5-7-13(19)15-10(11)6-8-14(20)18-15/h5-9,12,16-17,19,21H,4H2,1-3H3,(H,18,20)/i2D3,3D3,9D. The van der Waals surface area contributed by atoms with E-state index in [1.54, 1.807) is 6.92 Å². The second-order valence-electron chi connectivity index (χ2n) is 4.76. The number of rotatable bonds is 5. The van der Waals surface area contributed by atoms with Gasteiger partial charge in [-0.1, -0.05) is 26.7 Å². The van der Waals surface area contributed by atoms with Crippen molar-refractivity contribution >= 4 is 10.9 Å². The lowest BCUT2D eigenvalue weighted by atomic mass is 9.95. The highest BCUT2D eigenvalue weighted by molar-refractivity contribution is 5.87. The monoisotopic (exact) mass is 297 g/mol. The minimum atomic E-state index is -3.19. The van der Waals surface area contributed by atoms with Crippen molar-refractivity contribution in [3.63, 3.8) is 0 Å². The summed E-state index contributed by atoms with van der Waals surface area (Å²) in [5, 5.41) is 23.4. The van der Waals surface area contributed by atoms with Crippen LogP contribution < -0.4 is 10.9 Å². The largest absolute Gasteiger partial charge is 0.506 e. The molecule has 114 valence electrons. The highest BCUT2D eigenvalue weighted by atomic mass is 16.3. The molecular weight excluding hydrogens is 268 g/mol. The first kappa shape index (κ1) is 8.56. The SMILES string of the molecule is [2H]C([2H])([2H])C([2H])(NC(CC)C(O)c1ccc(O)c2[nH]c(=O)ccc12)C([2H])([2H])[2H]. The summed E-state index contributed by atoms with van der Waals surface area (Å²) in [5.74, 6) is -0.218. The van der Waals surface area contributed by atoms with Crippen molar-refractivity contribution in [1.29, 1.82) is 0 Å². The Hall–Kier alpha value is -1.85. The normalized spacial score (nSPS) is 21.1. The number of hydrogen-bond acceptors (Lipinski definition) is 4. The molecule has 5 nitrogen and oxygen atoms in total. The Morgan fingerprint density at radius 1 is 1.38 bits per heavy atom. The number of aliphatic hydroxyl groups excluding tert-OH is 1. The van der Waals surface area contributed by atoms with Crippen LogP contribution >= 0.6 is 0 Å². The molecule has 2 aromatic rings. The van der Waals surface area contributed by atoms with E-state index in [2.05, 4.69) is 10.3 Å². The molecule has 0 amide bonds. The molecule has 1 aromatic carbocycles. The second kappa shape index (κ2) is 6.28. The van der Waals surface area contributed by atoms with Crippen molar-refractivity contribution in [3.8, 4) is 5.75 Å². The van der Waals surface area contributed by atoms with E-state index < -0.39 is 37.4 Å². The molecule has 0 aliphatic carbocycles. The van der Waals surface area contributed by atoms with Gasteiger partial charge in [0.1, 0.15) is 5.75 Å². The third-order valence-corrected chi connectivity index (χ3v) is 3.38.